The summed E-state index contributed by atoms with van der Waals surface area (Å²) in [6, 6.07) is 5.78. The number of aryl methyl sites for hydroxylation is 1. The first kappa shape index (κ1) is 12.6. The van der Waals surface area contributed by atoms with Crippen LogP contribution in [0, 0.1) is 6.92 Å². The van der Waals surface area contributed by atoms with Gasteiger partial charge in [-0.05, 0) is 17.7 Å². The van der Waals surface area contributed by atoms with E-state index in [1.54, 1.807) is 0 Å². The molecule has 0 atom stereocenters. The zero-order valence-electron chi connectivity index (χ0n) is 10.3. The Morgan fingerprint density at radius 2 is 2.33 bits per heavy atom. The van der Waals surface area contributed by atoms with E-state index in [0.717, 1.165) is 16.7 Å². The van der Waals surface area contributed by atoms with Crippen LogP contribution in [-0.2, 0) is 16.0 Å². The van der Waals surface area contributed by atoms with E-state index in [1.165, 1.54) is 0 Å². The molecule has 0 fully saturated rings. The number of ether oxygens (including phenoxy) is 1. The van der Waals surface area contributed by atoms with E-state index in [1.807, 2.05) is 25.1 Å². The number of nitrogens with zero attached hydrogens (tertiary/aromatic N) is 1. The number of esters is 1. The molecule has 18 heavy (non-hydrogen) atoms. The van der Waals surface area contributed by atoms with Gasteiger partial charge in [-0.3, -0.25) is 4.79 Å². The maximum atomic E-state index is 11.1. The Labute approximate surface area is 105 Å². The van der Waals surface area contributed by atoms with Crippen LogP contribution in [-0.4, -0.2) is 24.1 Å². The molecule has 0 amide bonds. The number of hydrogen-bond donors (Lipinski definition) is 1. The minimum atomic E-state index is -0.254. The SMILES string of the molecule is Cc1nc2cc(CCOC(=O)CCN)ccc2o1. The van der Waals surface area contributed by atoms with Gasteiger partial charge >= 0.3 is 5.97 Å². The van der Waals surface area contributed by atoms with E-state index in [9.17, 15) is 4.79 Å². The summed E-state index contributed by atoms with van der Waals surface area (Å²) in [6.45, 7) is 2.50. The molecule has 0 radical (unpaired) electrons. The lowest BCUT2D eigenvalue weighted by atomic mass is 10.1. The minimum Gasteiger partial charge on any atom is -0.465 e. The Hall–Kier alpha value is -1.88. The van der Waals surface area contributed by atoms with Crippen LogP contribution in [0.15, 0.2) is 22.6 Å². The summed E-state index contributed by atoms with van der Waals surface area (Å²) in [7, 11) is 0. The van der Waals surface area contributed by atoms with Crippen molar-refractivity contribution in [2.24, 2.45) is 5.73 Å². The molecule has 5 heteroatoms. The molecule has 0 unspecified atom stereocenters. The van der Waals surface area contributed by atoms with Gasteiger partial charge in [0, 0.05) is 19.9 Å². The fourth-order valence-electron chi connectivity index (χ4n) is 1.72. The number of aromatic nitrogens is 1. The van der Waals surface area contributed by atoms with Gasteiger partial charge in [0.05, 0.1) is 13.0 Å². The van der Waals surface area contributed by atoms with Crippen molar-refractivity contribution in [2.75, 3.05) is 13.2 Å². The Morgan fingerprint density at radius 3 is 3.11 bits per heavy atom. The third-order valence-corrected chi connectivity index (χ3v) is 2.56. The minimum absolute atomic E-state index is 0.254. The van der Waals surface area contributed by atoms with Crippen LogP contribution in [0.5, 0.6) is 0 Å². The highest BCUT2D eigenvalue weighted by Gasteiger charge is 2.04. The van der Waals surface area contributed by atoms with Gasteiger partial charge in [0.1, 0.15) is 5.52 Å². The normalized spacial score (nSPS) is 10.8. The summed E-state index contributed by atoms with van der Waals surface area (Å²) in [5.74, 6) is 0.396. The van der Waals surface area contributed by atoms with Crippen LogP contribution in [0.2, 0.25) is 0 Å². The van der Waals surface area contributed by atoms with Gasteiger partial charge in [-0.2, -0.15) is 0 Å². The van der Waals surface area contributed by atoms with Crippen molar-refractivity contribution in [3.63, 3.8) is 0 Å². The van der Waals surface area contributed by atoms with E-state index >= 15 is 0 Å². The zero-order valence-corrected chi connectivity index (χ0v) is 10.3. The van der Waals surface area contributed by atoms with Crippen molar-refractivity contribution < 1.29 is 13.9 Å². The maximum absolute atomic E-state index is 11.1. The Morgan fingerprint density at radius 1 is 1.50 bits per heavy atom. The van der Waals surface area contributed by atoms with Crippen LogP contribution >= 0.6 is 0 Å². The molecule has 0 saturated carbocycles. The summed E-state index contributed by atoms with van der Waals surface area (Å²) < 4.78 is 10.4. The van der Waals surface area contributed by atoms with Gasteiger partial charge in [0.2, 0.25) is 0 Å². The second-order valence-corrected chi connectivity index (χ2v) is 4.04. The number of carbonyl (C=O) groups excluding carboxylic acids is 1. The number of nitrogens with two attached hydrogens (primary N) is 1. The van der Waals surface area contributed by atoms with Gasteiger partial charge in [0.25, 0.3) is 0 Å². The Kier molecular flexibility index (Phi) is 3.94. The highest BCUT2D eigenvalue weighted by atomic mass is 16.5. The van der Waals surface area contributed by atoms with Crippen molar-refractivity contribution in [1.82, 2.24) is 4.98 Å². The monoisotopic (exact) mass is 248 g/mol. The molecule has 0 aliphatic carbocycles. The standard InChI is InChI=1S/C13H16N2O3/c1-9-15-11-8-10(2-3-12(11)18-9)5-7-17-13(16)4-6-14/h2-3,8H,4-7,14H2,1H3. The lowest BCUT2D eigenvalue weighted by Crippen LogP contribution is -2.12. The molecule has 0 bridgehead atoms. The van der Waals surface area contributed by atoms with Crippen LogP contribution in [0.25, 0.3) is 11.1 Å². The second kappa shape index (κ2) is 5.64. The van der Waals surface area contributed by atoms with Gasteiger partial charge in [-0.15, -0.1) is 0 Å². The fourth-order valence-corrected chi connectivity index (χ4v) is 1.72. The predicted octanol–water partition coefficient (Wildman–Crippen LogP) is 1.57. The van der Waals surface area contributed by atoms with E-state index in [2.05, 4.69) is 4.98 Å². The summed E-state index contributed by atoms with van der Waals surface area (Å²) >= 11 is 0. The van der Waals surface area contributed by atoms with Gasteiger partial charge in [-0.25, -0.2) is 4.98 Å². The van der Waals surface area contributed by atoms with Crippen LogP contribution in [0.4, 0.5) is 0 Å². The molecule has 1 aromatic heterocycles. The molecule has 0 aliphatic heterocycles. The summed E-state index contributed by atoms with van der Waals surface area (Å²) in [4.78, 5) is 15.4. The van der Waals surface area contributed by atoms with Gasteiger partial charge in [0.15, 0.2) is 11.5 Å². The van der Waals surface area contributed by atoms with Crippen molar-refractivity contribution in [2.45, 2.75) is 19.8 Å². The van der Waals surface area contributed by atoms with Crippen LogP contribution in [0.1, 0.15) is 17.9 Å². The third kappa shape index (κ3) is 3.07. The largest absolute Gasteiger partial charge is 0.465 e. The number of carbonyl (C=O) groups is 1. The molecule has 96 valence electrons. The average molecular weight is 248 g/mol. The lowest BCUT2D eigenvalue weighted by Gasteiger charge is -2.03. The number of oxazole rings is 1. The highest BCUT2D eigenvalue weighted by molar-refractivity contribution is 5.73. The first-order chi connectivity index (χ1) is 8.69. The van der Waals surface area contributed by atoms with Crippen molar-refractivity contribution >= 4 is 17.1 Å². The molecule has 2 aromatic rings. The summed E-state index contributed by atoms with van der Waals surface area (Å²) in [5, 5.41) is 0. The Balaban J connectivity index is 1.93. The number of benzene rings is 1. The maximum Gasteiger partial charge on any atom is 0.307 e. The van der Waals surface area contributed by atoms with E-state index in [4.69, 9.17) is 14.9 Å². The van der Waals surface area contributed by atoms with Gasteiger partial charge in [-0.1, -0.05) is 6.07 Å². The van der Waals surface area contributed by atoms with E-state index < -0.39 is 0 Å². The molecule has 0 saturated heterocycles. The first-order valence-electron chi connectivity index (χ1n) is 5.91. The number of fused-ring (bicyclic) bond motifs is 1. The Bertz CT molecular complexity index is 548. The van der Waals surface area contributed by atoms with Crippen molar-refractivity contribution in [3.8, 4) is 0 Å². The molecule has 0 spiro atoms. The molecule has 1 heterocycles. The van der Waals surface area contributed by atoms with Crippen molar-refractivity contribution in [1.29, 1.82) is 0 Å². The quantitative estimate of drug-likeness (QED) is 0.812. The third-order valence-electron chi connectivity index (χ3n) is 2.56. The summed E-state index contributed by atoms with van der Waals surface area (Å²) in [5.41, 5.74) is 7.93. The average Bonchev–Trinajstić information content (AvgIpc) is 2.69. The smallest absolute Gasteiger partial charge is 0.307 e. The lowest BCUT2D eigenvalue weighted by molar-refractivity contribution is -0.143. The van der Waals surface area contributed by atoms with Crippen molar-refractivity contribution in [3.05, 3.63) is 29.7 Å². The van der Waals surface area contributed by atoms with Crippen LogP contribution < -0.4 is 5.73 Å². The zero-order chi connectivity index (χ0) is 13.0. The number of rotatable bonds is 5. The predicted molar refractivity (Wildman–Crippen MR) is 67.1 cm³/mol. The van der Waals surface area contributed by atoms with Gasteiger partial charge < -0.3 is 14.9 Å². The molecule has 5 nitrogen and oxygen atoms in total. The topological polar surface area (TPSA) is 78.3 Å². The second-order valence-electron chi connectivity index (χ2n) is 4.04. The molecule has 1 aromatic carbocycles. The molecule has 2 N–H and O–H groups in total. The highest BCUT2D eigenvalue weighted by Crippen LogP contribution is 2.17. The van der Waals surface area contributed by atoms with E-state index in [-0.39, 0.29) is 12.4 Å². The summed E-state index contributed by atoms with van der Waals surface area (Å²) in [6.07, 6.45) is 0.930. The molecular weight excluding hydrogens is 232 g/mol. The molecular formula is C13H16N2O3. The molecule has 0 aliphatic rings. The molecule has 2 rings (SSSR count). The number of hydrogen-bond acceptors (Lipinski definition) is 5. The first-order valence-corrected chi connectivity index (χ1v) is 5.91. The van der Waals surface area contributed by atoms with E-state index in [0.29, 0.717) is 25.5 Å². The fraction of sp³-hybridized carbons (Fsp3) is 0.385. The van der Waals surface area contributed by atoms with Crippen LogP contribution in [0.3, 0.4) is 0 Å².